The molecule has 0 radical (unpaired) electrons. The summed E-state index contributed by atoms with van der Waals surface area (Å²) in [5, 5.41) is 5.42. The van der Waals surface area contributed by atoms with Crippen LogP contribution in [0.5, 0.6) is 5.75 Å². The first kappa shape index (κ1) is 19.9. The second-order valence-corrected chi connectivity index (χ2v) is 6.14. The van der Waals surface area contributed by atoms with Crippen LogP contribution in [0.4, 0.5) is 20.6 Å². The fourth-order valence-corrected chi connectivity index (χ4v) is 2.45. The van der Waals surface area contributed by atoms with Crippen LogP contribution in [0.15, 0.2) is 71.3 Å². The van der Waals surface area contributed by atoms with Crippen LogP contribution in [0, 0.1) is 5.82 Å². The fourth-order valence-electron chi connectivity index (χ4n) is 2.45. The molecular weight excluding hydrogens is 377 g/mol. The van der Waals surface area contributed by atoms with Crippen molar-refractivity contribution in [2.24, 2.45) is 0 Å². The molecule has 0 aliphatic rings. The van der Waals surface area contributed by atoms with Gasteiger partial charge >= 0.3 is 6.03 Å². The van der Waals surface area contributed by atoms with Gasteiger partial charge in [-0.1, -0.05) is 18.2 Å². The smallest absolute Gasteiger partial charge is 0.321 e. The molecule has 3 rings (SSSR count). The monoisotopic (exact) mass is 397 g/mol. The molecule has 0 unspecified atom stereocenters. The number of benzene rings is 2. The Bertz CT molecular complexity index is 976. The highest BCUT2D eigenvalue weighted by Gasteiger charge is 2.12. The first-order valence-corrected chi connectivity index (χ1v) is 8.87. The van der Waals surface area contributed by atoms with E-state index >= 15 is 0 Å². The van der Waals surface area contributed by atoms with Gasteiger partial charge in [0.25, 0.3) is 5.91 Å². The third-order valence-corrected chi connectivity index (χ3v) is 3.98. The first-order chi connectivity index (χ1) is 14.0. The van der Waals surface area contributed by atoms with Gasteiger partial charge < -0.3 is 24.7 Å². The van der Waals surface area contributed by atoms with Crippen LogP contribution in [0.3, 0.4) is 0 Å². The van der Waals surface area contributed by atoms with Gasteiger partial charge in [0.15, 0.2) is 17.3 Å². The Morgan fingerprint density at radius 3 is 2.52 bits per heavy atom. The molecule has 150 valence electrons. The minimum atomic E-state index is -0.451. The minimum Gasteiger partial charge on any atom is -0.489 e. The van der Waals surface area contributed by atoms with E-state index in [0.717, 1.165) is 0 Å². The molecule has 0 fully saturated rings. The molecule has 2 aromatic carbocycles. The number of carbonyl (C=O) groups excluding carboxylic acids is 2. The van der Waals surface area contributed by atoms with Crippen molar-refractivity contribution in [3.8, 4) is 5.75 Å². The summed E-state index contributed by atoms with van der Waals surface area (Å²) in [4.78, 5) is 25.8. The number of anilines is 2. The Balaban J connectivity index is 1.50. The van der Waals surface area contributed by atoms with Crippen LogP contribution in [-0.4, -0.2) is 37.0 Å². The molecule has 29 heavy (non-hydrogen) atoms. The second kappa shape index (κ2) is 9.41. The summed E-state index contributed by atoms with van der Waals surface area (Å²) >= 11 is 0. The lowest BCUT2D eigenvalue weighted by Gasteiger charge is -2.18. The predicted octanol–water partition coefficient (Wildman–Crippen LogP) is 4.21. The van der Waals surface area contributed by atoms with Crippen molar-refractivity contribution in [2.45, 2.75) is 0 Å². The van der Waals surface area contributed by atoms with Gasteiger partial charge in [-0.25, -0.2) is 9.18 Å². The number of hydrogen-bond donors (Lipinski definition) is 2. The topological polar surface area (TPSA) is 83.8 Å². The number of amides is 3. The molecule has 0 spiro atoms. The molecule has 0 aliphatic carbocycles. The number of carbonyl (C=O) groups is 2. The number of furan rings is 1. The molecule has 1 aromatic heterocycles. The largest absolute Gasteiger partial charge is 0.489 e. The molecule has 2 N–H and O–H groups in total. The Hall–Kier alpha value is -3.81. The molecule has 3 aromatic rings. The van der Waals surface area contributed by atoms with E-state index < -0.39 is 5.82 Å². The summed E-state index contributed by atoms with van der Waals surface area (Å²) in [6.45, 7) is 0.402. The van der Waals surface area contributed by atoms with Crippen LogP contribution in [-0.2, 0) is 0 Å². The van der Waals surface area contributed by atoms with Crippen LogP contribution < -0.4 is 15.4 Å². The van der Waals surface area contributed by atoms with Gasteiger partial charge in [-0.05, 0) is 42.5 Å². The van der Waals surface area contributed by atoms with E-state index in [1.807, 2.05) is 0 Å². The van der Waals surface area contributed by atoms with E-state index in [1.54, 1.807) is 55.6 Å². The molecule has 0 aliphatic heterocycles. The number of urea groups is 1. The zero-order valence-corrected chi connectivity index (χ0v) is 15.7. The van der Waals surface area contributed by atoms with Crippen molar-refractivity contribution < 1.29 is 23.1 Å². The Labute approximate surface area is 167 Å². The van der Waals surface area contributed by atoms with E-state index in [9.17, 15) is 14.0 Å². The number of halogens is 1. The van der Waals surface area contributed by atoms with Gasteiger partial charge in [-0.15, -0.1) is 0 Å². The fraction of sp³-hybridized carbons (Fsp3) is 0.143. The second-order valence-electron chi connectivity index (χ2n) is 6.14. The maximum atomic E-state index is 13.5. The summed E-state index contributed by atoms with van der Waals surface area (Å²) in [6.07, 6.45) is 1.41. The zero-order valence-electron chi connectivity index (χ0n) is 15.7. The van der Waals surface area contributed by atoms with Crippen molar-refractivity contribution in [2.75, 3.05) is 30.8 Å². The SMILES string of the molecule is CN(CCOc1ccccc1F)C(=O)Nc1cccc(NC(=O)c2ccco2)c1. The molecule has 0 saturated heterocycles. The van der Waals surface area contributed by atoms with Gasteiger partial charge in [-0.3, -0.25) is 4.79 Å². The van der Waals surface area contributed by atoms with Crippen molar-refractivity contribution in [1.82, 2.24) is 4.90 Å². The van der Waals surface area contributed by atoms with E-state index in [0.29, 0.717) is 11.4 Å². The predicted molar refractivity (Wildman–Crippen MR) is 107 cm³/mol. The molecule has 8 heteroatoms. The third-order valence-electron chi connectivity index (χ3n) is 3.98. The standard InChI is InChI=1S/C21H20FN3O4/c1-25(11-13-29-18-9-3-2-8-17(18)22)21(27)24-16-7-4-6-15(14-16)23-20(26)19-10-5-12-28-19/h2-10,12,14H,11,13H2,1H3,(H,23,26)(H,24,27). The van der Waals surface area contributed by atoms with Gasteiger partial charge in [0, 0.05) is 18.4 Å². The van der Waals surface area contributed by atoms with Gasteiger partial charge in [0.1, 0.15) is 6.61 Å². The van der Waals surface area contributed by atoms with Crippen molar-refractivity contribution in [3.05, 3.63) is 78.5 Å². The van der Waals surface area contributed by atoms with E-state index in [2.05, 4.69) is 10.6 Å². The highest BCUT2D eigenvalue weighted by atomic mass is 19.1. The number of likely N-dealkylation sites (N-methyl/N-ethyl adjacent to an activating group) is 1. The number of hydrogen-bond acceptors (Lipinski definition) is 4. The van der Waals surface area contributed by atoms with Crippen molar-refractivity contribution in [1.29, 1.82) is 0 Å². The Kier molecular flexibility index (Phi) is 6.47. The van der Waals surface area contributed by atoms with Crippen molar-refractivity contribution >= 4 is 23.3 Å². The minimum absolute atomic E-state index is 0.140. The Morgan fingerprint density at radius 1 is 1.03 bits per heavy atom. The van der Waals surface area contributed by atoms with Crippen molar-refractivity contribution in [3.63, 3.8) is 0 Å². The molecule has 7 nitrogen and oxygen atoms in total. The number of nitrogens with one attached hydrogen (secondary N) is 2. The lowest BCUT2D eigenvalue weighted by Crippen LogP contribution is -2.34. The molecular formula is C21H20FN3O4. The summed E-state index contributed by atoms with van der Waals surface area (Å²) in [5.74, 6) is -0.510. The summed E-state index contributed by atoms with van der Waals surface area (Å²) in [6, 6.07) is 15.6. The quantitative estimate of drug-likeness (QED) is 0.625. The average Bonchev–Trinajstić information content (AvgIpc) is 3.24. The molecule has 0 bridgehead atoms. The summed E-state index contributed by atoms with van der Waals surface area (Å²) in [5.41, 5.74) is 1.02. The zero-order chi connectivity index (χ0) is 20.6. The molecule has 1 heterocycles. The van der Waals surface area contributed by atoms with Crippen LogP contribution in [0.2, 0.25) is 0 Å². The number of para-hydroxylation sites is 1. The molecule has 3 amide bonds. The van der Waals surface area contributed by atoms with Gasteiger partial charge in [0.2, 0.25) is 0 Å². The maximum Gasteiger partial charge on any atom is 0.321 e. The van der Waals surface area contributed by atoms with Crippen LogP contribution >= 0.6 is 0 Å². The van der Waals surface area contributed by atoms with Gasteiger partial charge in [-0.2, -0.15) is 0 Å². The molecule has 0 atom stereocenters. The molecule has 0 saturated carbocycles. The summed E-state index contributed by atoms with van der Waals surface area (Å²) in [7, 11) is 1.60. The van der Waals surface area contributed by atoms with Gasteiger partial charge in [0.05, 0.1) is 12.8 Å². The number of ether oxygens (including phenoxy) is 1. The average molecular weight is 397 g/mol. The summed E-state index contributed by atoms with van der Waals surface area (Å²) < 4.78 is 23.9. The highest BCUT2D eigenvalue weighted by Crippen LogP contribution is 2.17. The van der Waals surface area contributed by atoms with Crippen LogP contribution in [0.1, 0.15) is 10.6 Å². The first-order valence-electron chi connectivity index (χ1n) is 8.87. The lowest BCUT2D eigenvalue weighted by molar-refractivity contribution is 0.0996. The number of nitrogens with zero attached hydrogens (tertiary/aromatic N) is 1. The van der Waals surface area contributed by atoms with Crippen LogP contribution in [0.25, 0.3) is 0 Å². The Morgan fingerprint density at radius 2 is 1.79 bits per heavy atom. The maximum absolute atomic E-state index is 13.5. The van der Waals surface area contributed by atoms with E-state index in [1.165, 1.54) is 23.3 Å². The normalized spacial score (nSPS) is 10.3. The van der Waals surface area contributed by atoms with E-state index in [4.69, 9.17) is 9.15 Å². The third kappa shape index (κ3) is 5.58. The van der Waals surface area contributed by atoms with E-state index in [-0.39, 0.29) is 36.6 Å². The number of rotatable bonds is 7. The highest BCUT2D eigenvalue weighted by molar-refractivity contribution is 6.02. The lowest BCUT2D eigenvalue weighted by atomic mass is 10.2.